The van der Waals surface area contributed by atoms with Crippen molar-refractivity contribution in [3.63, 3.8) is 0 Å². The molecule has 2 nitrogen and oxygen atoms in total. The Morgan fingerprint density at radius 3 is 2.16 bits per heavy atom. The molecule has 0 aliphatic carbocycles. The highest BCUT2D eigenvalue weighted by Gasteiger charge is 2.17. The van der Waals surface area contributed by atoms with Crippen molar-refractivity contribution < 1.29 is 9.18 Å². The molecule has 98 valence electrons. The van der Waals surface area contributed by atoms with Crippen LogP contribution in [-0.4, -0.2) is 5.78 Å². The number of hydrogen-bond acceptors (Lipinski definition) is 2. The molecule has 2 aromatic rings. The highest BCUT2D eigenvalue weighted by Crippen LogP contribution is 2.23. The van der Waals surface area contributed by atoms with Crippen LogP contribution in [0, 0.1) is 26.6 Å². The van der Waals surface area contributed by atoms with E-state index in [1.165, 1.54) is 18.2 Å². The Balaban J connectivity index is 2.56. The van der Waals surface area contributed by atoms with Gasteiger partial charge in [0.1, 0.15) is 5.82 Å². The largest absolute Gasteiger partial charge is 0.398 e. The first-order valence-electron chi connectivity index (χ1n) is 6.07. The first-order valence-corrected chi connectivity index (χ1v) is 6.07. The maximum absolute atomic E-state index is 13.0. The minimum Gasteiger partial charge on any atom is -0.398 e. The Kier molecular flexibility index (Phi) is 3.38. The van der Waals surface area contributed by atoms with Gasteiger partial charge in [0.2, 0.25) is 0 Å². The maximum atomic E-state index is 13.0. The molecule has 2 rings (SSSR count). The van der Waals surface area contributed by atoms with E-state index in [-0.39, 0.29) is 11.5 Å². The van der Waals surface area contributed by atoms with Crippen molar-refractivity contribution >= 4 is 11.5 Å². The fourth-order valence-electron chi connectivity index (χ4n) is 2.41. The lowest BCUT2D eigenvalue weighted by molar-refractivity contribution is 0.103. The number of anilines is 1. The van der Waals surface area contributed by atoms with Crippen LogP contribution >= 0.6 is 0 Å². The number of carbonyl (C=O) groups excluding carboxylic acids is 1. The quantitative estimate of drug-likeness (QED) is 0.660. The molecule has 0 saturated heterocycles. The molecule has 0 spiro atoms. The van der Waals surface area contributed by atoms with Gasteiger partial charge in [0.05, 0.1) is 0 Å². The second kappa shape index (κ2) is 4.84. The molecule has 3 heteroatoms. The van der Waals surface area contributed by atoms with Crippen molar-refractivity contribution in [2.45, 2.75) is 20.8 Å². The molecular formula is C16H16FNO. The maximum Gasteiger partial charge on any atom is 0.195 e. The third-order valence-electron chi connectivity index (χ3n) is 3.16. The van der Waals surface area contributed by atoms with Crippen LogP contribution in [0.2, 0.25) is 0 Å². The van der Waals surface area contributed by atoms with Gasteiger partial charge in [0, 0.05) is 16.8 Å². The van der Waals surface area contributed by atoms with Gasteiger partial charge < -0.3 is 5.73 Å². The predicted octanol–water partition coefficient (Wildman–Crippen LogP) is 3.56. The van der Waals surface area contributed by atoms with Crippen LogP contribution < -0.4 is 5.73 Å². The molecule has 0 unspecified atom stereocenters. The van der Waals surface area contributed by atoms with E-state index in [1.807, 2.05) is 32.9 Å². The van der Waals surface area contributed by atoms with Crippen LogP contribution in [0.4, 0.5) is 10.1 Å². The Hall–Kier alpha value is -2.16. The van der Waals surface area contributed by atoms with Crippen LogP contribution in [0.25, 0.3) is 0 Å². The zero-order chi connectivity index (χ0) is 14.2. The van der Waals surface area contributed by atoms with Crippen molar-refractivity contribution in [2.75, 3.05) is 5.73 Å². The van der Waals surface area contributed by atoms with Crippen molar-refractivity contribution in [3.05, 3.63) is 64.0 Å². The van der Waals surface area contributed by atoms with Crippen LogP contribution in [-0.2, 0) is 0 Å². The van der Waals surface area contributed by atoms with Crippen LogP contribution in [0.1, 0.15) is 32.6 Å². The molecule has 0 amide bonds. The molecule has 2 N–H and O–H groups in total. The summed E-state index contributed by atoms with van der Waals surface area (Å²) in [5, 5.41) is 0. The van der Waals surface area contributed by atoms with E-state index >= 15 is 0 Å². The van der Waals surface area contributed by atoms with Gasteiger partial charge in [-0.3, -0.25) is 4.79 Å². The summed E-state index contributed by atoms with van der Waals surface area (Å²) < 4.78 is 13.0. The van der Waals surface area contributed by atoms with E-state index in [1.54, 1.807) is 0 Å². The SMILES string of the molecule is Cc1cc(C)c(C(=O)c2ccc(F)cc2N)c(C)c1. The Labute approximate surface area is 112 Å². The van der Waals surface area contributed by atoms with Crippen LogP contribution in [0.3, 0.4) is 0 Å². The lowest BCUT2D eigenvalue weighted by Gasteiger charge is -2.11. The minimum atomic E-state index is -0.439. The lowest BCUT2D eigenvalue weighted by Crippen LogP contribution is -2.09. The molecule has 0 saturated carbocycles. The molecule has 0 atom stereocenters. The van der Waals surface area contributed by atoms with E-state index < -0.39 is 5.82 Å². The molecule has 2 aromatic carbocycles. The van der Waals surface area contributed by atoms with Crippen molar-refractivity contribution in [3.8, 4) is 0 Å². The van der Waals surface area contributed by atoms with Gasteiger partial charge >= 0.3 is 0 Å². The van der Waals surface area contributed by atoms with Crippen LogP contribution in [0.5, 0.6) is 0 Å². The fraction of sp³-hybridized carbons (Fsp3) is 0.188. The summed E-state index contributed by atoms with van der Waals surface area (Å²) in [4.78, 5) is 12.5. The molecule has 0 heterocycles. The fourth-order valence-corrected chi connectivity index (χ4v) is 2.41. The number of benzene rings is 2. The number of aryl methyl sites for hydroxylation is 3. The molecule has 0 fully saturated rings. The average Bonchev–Trinajstić information content (AvgIpc) is 2.26. The van der Waals surface area contributed by atoms with E-state index in [2.05, 4.69) is 0 Å². The van der Waals surface area contributed by atoms with Gasteiger partial charge in [-0.15, -0.1) is 0 Å². The molecule has 0 aliphatic heterocycles. The number of hydrogen-bond donors (Lipinski definition) is 1. The van der Waals surface area contributed by atoms with Crippen LogP contribution in [0.15, 0.2) is 30.3 Å². The third-order valence-corrected chi connectivity index (χ3v) is 3.16. The molecule has 19 heavy (non-hydrogen) atoms. The summed E-state index contributed by atoms with van der Waals surface area (Å²) in [6.45, 7) is 5.78. The number of nitrogens with two attached hydrogens (primary N) is 1. The summed E-state index contributed by atoms with van der Waals surface area (Å²) in [6.07, 6.45) is 0. The normalized spacial score (nSPS) is 10.5. The second-order valence-corrected chi connectivity index (χ2v) is 4.83. The highest BCUT2D eigenvalue weighted by atomic mass is 19.1. The monoisotopic (exact) mass is 257 g/mol. The minimum absolute atomic E-state index is 0.160. The molecule has 0 aromatic heterocycles. The predicted molar refractivity (Wildman–Crippen MR) is 74.9 cm³/mol. The molecule has 0 radical (unpaired) electrons. The lowest BCUT2D eigenvalue weighted by atomic mass is 9.92. The summed E-state index contributed by atoms with van der Waals surface area (Å²) in [7, 11) is 0. The first kappa shape index (κ1) is 13.3. The van der Waals surface area contributed by atoms with Gasteiger partial charge in [-0.05, 0) is 50.1 Å². The zero-order valence-electron chi connectivity index (χ0n) is 11.3. The average molecular weight is 257 g/mol. The third kappa shape index (κ3) is 2.50. The van der Waals surface area contributed by atoms with Gasteiger partial charge in [-0.25, -0.2) is 4.39 Å². The summed E-state index contributed by atoms with van der Waals surface area (Å²) in [5.41, 5.74) is 9.81. The zero-order valence-corrected chi connectivity index (χ0v) is 11.3. The van der Waals surface area contributed by atoms with Crippen molar-refractivity contribution in [1.29, 1.82) is 0 Å². The molecule has 0 aliphatic rings. The first-order chi connectivity index (χ1) is 8.90. The number of carbonyl (C=O) groups is 1. The van der Waals surface area contributed by atoms with E-state index in [4.69, 9.17) is 5.73 Å². The number of nitrogen functional groups attached to an aromatic ring is 1. The second-order valence-electron chi connectivity index (χ2n) is 4.83. The van der Waals surface area contributed by atoms with Gasteiger partial charge in [-0.1, -0.05) is 17.7 Å². The topological polar surface area (TPSA) is 43.1 Å². The van der Waals surface area contributed by atoms with Gasteiger partial charge in [0.25, 0.3) is 0 Å². The van der Waals surface area contributed by atoms with Gasteiger partial charge in [-0.2, -0.15) is 0 Å². The van der Waals surface area contributed by atoms with Gasteiger partial charge in [0.15, 0.2) is 5.78 Å². The Morgan fingerprint density at radius 2 is 1.63 bits per heavy atom. The van der Waals surface area contributed by atoms with E-state index in [0.29, 0.717) is 11.1 Å². The van der Waals surface area contributed by atoms with E-state index in [9.17, 15) is 9.18 Å². The number of rotatable bonds is 2. The van der Waals surface area contributed by atoms with Crippen molar-refractivity contribution in [1.82, 2.24) is 0 Å². The summed E-state index contributed by atoms with van der Waals surface area (Å²) >= 11 is 0. The number of halogens is 1. The highest BCUT2D eigenvalue weighted by molar-refractivity contribution is 6.13. The summed E-state index contributed by atoms with van der Waals surface area (Å²) in [5.74, 6) is -0.598. The smallest absolute Gasteiger partial charge is 0.195 e. The Morgan fingerprint density at radius 1 is 1.05 bits per heavy atom. The standard InChI is InChI=1S/C16H16FNO/c1-9-6-10(2)15(11(3)7-9)16(19)13-5-4-12(17)8-14(13)18/h4-8H,18H2,1-3H3. The van der Waals surface area contributed by atoms with Crippen molar-refractivity contribution in [2.24, 2.45) is 0 Å². The summed E-state index contributed by atoms with van der Waals surface area (Å²) in [6, 6.07) is 7.78. The molecule has 0 bridgehead atoms. The number of ketones is 1. The molecular weight excluding hydrogens is 241 g/mol. The Bertz CT molecular complexity index is 639. The van der Waals surface area contributed by atoms with E-state index in [0.717, 1.165) is 16.7 Å².